The van der Waals surface area contributed by atoms with E-state index in [0.29, 0.717) is 0 Å². The largest absolute Gasteiger partial charge is 0.319 e. The highest BCUT2D eigenvalue weighted by Crippen LogP contribution is 2.09. The SMILES string of the molecule is Cc1ccc(NN2CCNCC2)cc1. The summed E-state index contributed by atoms with van der Waals surface area (Å²) < 4.78 is 0. The number of hydrogen-bond acceptors (Lipinski definition) is 3. The van der Waals surface area contributed by atoms with Crippen LogP contribution in [0.4, 0.5) is 5.69 Å². The fraction of sp³-hybridized carbons (Fsp3) is 0.455. The van der Waals surface area contributed by atoms with Gasteiger partial charge in [-0.2, -0.15) is 0 Å². The maximum Gasteiger partial charge on any atom is 0.0490 e. The van der Waals surface area contributed by atoms with Gasteiger partial charge in [0.25, 0.3) is 0 Å². The standard InChI is InChI=1S/C11H17N3/c1-10-2-4-11(5-3-10)13-14-8-6-12-7-9-14/h2-5,12-13H,6-9H2,1H3. The van der Waals surface area contributed by atoms with Crippen molar-refractivity contribution < 1.29 is 0 Å². The molecule has 14 heavy (non-hydrogen) atoms. The van der Waals surface area contributed by atoms with Gasteiger partial charge in [0.15, 0.2) is 0 Å². The molecule has 1 fully saturated rings. The Hall–Kier alpha value is -1.06. The van der Waals surface area contributed by atoms with Crippen LogP contribution in [0.1, 0.15) is 5.56 Å². The Morgan fingerprint density at radius 2 is 1.79 bits per heavy atom. The molecule has 0 spiro atoms. The van der Waals surface area contributed by atoms with Crippen molar-refractivity contribution in [3.8, 4) is 0 Å². The summed E-state index contributed by atoms with van der Waals surface area (Å²) in [5.41, 5.74) is 5.88. The molecule has 1 heterocycles. The molecule has 1 saturated heterocycles. The molecule has 0 aliphatic carbocycles. The van der Waals surface area contributed by atoms with Gasteiger partial charge in [-0.3, -0.25) is 0 Å². The van der Waals surface area contributed by atoms with E-state index in [2.05, 4.69) is 46.9 Å². The summed E-state index contributed by atoms with van der Waals surface area (Å²) in [5, 5.41) is 5.58. The third-order valence-electron chi connectivity index (χ3n) is 2.46. The van der Waals surface area contributed by atoms with E-state index in [9.17, 15) is 0 Å². The first-order valence-electron chi connectivity index (χ1n) is 5.13. The van der Waals surface area contributed by atoms with E-state index in [1.165, 1.54) is 11.3 Å². The molecule has 0 saturated carbocycles. The predicted molar refractivity (Wildman–Crippen MR) is 59.2 cm³/mol. The zero-order valence-corrected chi connectivity index (χ0v) is 8.59. The van der Waals surface area contributed by atoms with Crippen molar-refractivity contribution in [2.24, 2.45) is 0 Å². The highest BCUT2D eigenvalue weighted by Gasteiger charge is 2.08. The summed E-state index contributed by atoms with van der Waals surface area (Å²) in [6, 6.07) is 8.50. The molecule has 0 atom stereocenters. The summed E-state index contributed by atoms with van der Waals surface area (Å²) in [6.45, 7) is 6.37. The topological polar surface area (TPSA) is 27.3 Å². The van der Waals surface area contributed by atoms with Crippen LogP contribution >= 0.6 is 0 Å². The van der Waals surface area contributed by atoms with Crippen LogP contribution in [0.2, 0.25) is 0 Å². The van der Waals surface area contributed by atoms with Crippen LogP contribution in [0.15, 0.2) is 24.3 Å². The smallest absolute Gasteiger partial charge is 0.0490 e. The van der Waals surface area contributed by atoms with Crippen molar-refractivity contribution in [3.05, 3.63) is 29.8 Å². The van der Waals surface area contributed by atoms with Crippen molar-refractivity contribution >= 4 is 5.69 Å². The third kappa shape index (κ3) is 2.47. The normalized spacial score (nSPS) is 18.1. The molecule has 1 aliphatic heterocycles. The molecular weight excluding hydrogens is 174 g/mol. The minimum atomic E-state index is 1.06. The van der Waals surface area contributed by atoms with Gasteiger partial charge in [0.05, 0.1) is 0 Å². The highest BCUT2D eigenvalue weighted by molar-refractivity contribution is 5.43. The van der Waals surface area contributed by atoms with Gasteiger partial charge in [-0.1, -0.05) is 17.7 Å². The van der Waals surface area contributed by atoms with Crippen LogP contribution in [-0.2, 0) is 0 Å². The second kappa shape index (κ2) is 4.44. The molecule has 0 aromatic heterocycles. The van der Waals surface area contributed by atoms with Crippen LogP contribution in [-0.4, -0.2) is 31.2 Å². The van der Waals surface area contributed by atoms with Crippen LogP contribution in [0, 0.1) is 6.92 Å². The van der Waals surface area contributed by atoms with E-state index in [-0.39, 0.29) is 0 Å². The van der Waals surface area contributed by atoms with Crippen molar-refractivity contribution in [2.45, 2.75) is 6.92 Å². The molecule has 1 aliphatic rings. The first kappa shape index (κ1) is 9.49. The zero-order chi connectivity index (χ0) is 9.80. The molecule has 0 amide bonds. The number of aryl methyl sites for hydroxylation is 1. The Bertz CT molecular complexity index is 275. The molecule has 1 aromatic carbocycles. The summed E-state index contributed by atoms with van der Waals surface area (Å²) in [4.78, 5) is 0. The van der Waals surface area contributed by atoms with E-state index < -0.39 is 0 Å². The molecule has 2 N–H and O–H groups in total. The van der Waals surface area contributed by atoms with E-state index in [1.807, 2.05) is 0 Å². The van der Waals surface area contributed by atoms with Gasteiger partial charge in [-0.25, -0.2) is 5.01 Å². The maximum atomic E-state index is 3.40. The van der Waals surface area contributed by atoms with Gasteiger partial charge >= 0.3 is 0 Å². The van der Waals surface area contributed by atoms with Gasteiger partial charge in [-0.05, 0) is 19.1 Å². The Balaban J connectivity index is 1.92. The minimum Gasteiger partial charge on any atom is -0.319 e. The summed E-state index contributed by atoms with van der Waals surface area (Å²) in [7, 11) is 0. The van der Waals surface area contributed by atoms with Crippen LogP contribution in [0.3, 0.4) is 0 Å². The van der Waals surface area contributed by atoms with Gasteiger partial charge in [-0.15, -0.1) is 0 Å². The number of rotatable bonds is 2. The van der Waals surface area contributed by atoms with Crippen molar-refractivity contribution in [1.82, 2.24) is 10.3 Å². The fourth-order valence-corrected chi connectivity index (χ4v) is 1.59. The monoisotopic (exact) mass is 191 g/mol. The molecule has 0 radical (unpaired) electrons. The average Bonchev–Trinajstić information content (AvgIpc) is 2.23. The first-order valence-corrected chi connectivity index (χ1v) is 5.13. The third-order valence-corrected chi connectivity index (χ3v) is 2.46. The molecule has 3 heteroatoms. The average molecular weight is 191 g/mol. The highest BCUT2D eigenvalue weighted by atomic mass is 15.5. The number of hydrogen-bond donors (Lipinski definition) is 2. The number of hydrazine groups is 1. The Morgan fingerprint density at radius 3 is 2.43 bits per heavy atom. The van der Waals surface area contributed by atoms with Gasteiger partial charge in [0, 0.05) is 31.9 Å². The van der Waals surface area contributed by atoms with Crippen LogP contribution in [0.5, 0.6) is 0 Å². The van der Waals surface area contributed by atoms with E-state index in [4.69, 9.17) is 0 Å². The zero-order valence-electron chi connectivity index (χ0n) is 8.59. The molecule has 2 rings (SSSR count). The summed E-state index contributed by atoms with van der Waals surface area (Å²) in [5.74, 6) is 0. The van der Waals surface area contributed by atoms with Gasteiger partial charge < -0.3 is 10.7 Å². The van der Waals surface area contributed by atoms with Crippen molar-refractivity contribution in [2.75, 3.05) is 31.6 Å². The molecule has 0 bridgehead atoms. The fourth-order valence-electron chi connectivity index (χ4n) is 1.59. The maximum absolute atomic E-state index is 3.40. The number of anilines is 1. The second-order valence-corrected chi connectivity index (χ2v) is 3.71. The first-order chi connectivity index (χ1) is 6.84. The lowest BCUT2D eigenvalue weighted by Gasteiger charge is -2.28. The second-order valence-electron chi connectivity index (χ2n) is 3.71. The summed E-state index contributed by atoms with van der Waals surface area (Å²) in [6.07, 6.45) is 0. The van der Waals surface area contributed by atoms with Crippen LogP contribution in [0.25, 0.3) is 0 Å². The van der Waals surface area contributed by atoms with E-state index >= 15 is 0 Å². The Labute approximate surface area is 85.1 Å². The lowest BCUT2D eigenvalue weighted by atomic mass is 10.2. The van der Waals surface area contributed by atoms with E-state index in [0.717, 1.165) is 26.2 Å². The predicted octanol–water partition coefficient (Wildman–Crippen LogP) is 1.23. The molecule has 76 valence electrons. The van der Waals surface area contributed by atoms with Gasteiger partial charge in [0.2, 0.25) is 0 Å². The van der Waals surface area contributed by atoms with Crippen molar-refractivity contribution in [1.29, 1.82) is 0 Å². The van der Waals surface area contributed by atoms with Gasteiger partial charge in [0.1, 0.15) is 0 Å². The summed E-state index contributed by atoms with van der Waals surface area (Å²) >= 11 is 0. The number of nitrogens with zero attached hydrogens (tertiary/aromatic N) is 1. The minimum absolute atomic E-state index is 1.06. The Kier molecular flexibility index (Phi) is 3.01. The van der Waals surface area contributed by atoms with Crippen molar-refractivity contribution in [3.63, 3.8) is 0 Å². The quantitative estimate of drug-likeness (QED) is 0.736. The van der Waals surface area contributed by atoms with E-state index in [1.54, 1.807) is 0 Å². The number of nitrogens with one attached hydrogen (secondary N) is 2. The number of benzene rings is 1. The molecule has 3 nitrogen and oxygen atoms in total. The molecule has 0 unspecified atom stereocenters. The lowest BCUT2D eigenvalue weighted by Crippen LogP contribution is -2.46. The molecular formula is C11H17N3. The number of piperazine rings is 1. The Morgan fingerprint density at radius 1 is 1.14 bits per heavy atom. The lowest BCUT2D eigenvalue weighted by molar-refractivity contribution is 0.287. The molecule has 1 aromatic rings. The van der Waals surface area contributed by atoms with Crippen LogP contribution < -0.4 is 10.7 Å².